The quantitative estimate of drug-likeness (QED) is 0.302. The van der Waals surface area contributed by atoms with Gasteiger partial charge in [-0.05, 0) is 5.41 Å². The SMILES string of the molecule is CC(C)(C)C1=CC=[C-]C1.CC(C)(C)c1c[cH-]c2ccccc12.[CH3-].[CH3-].[Si]=[Zr]. The summed E-state index contributed by atoms with van der Waals surface area (Å²) < 4.78 is 0. The fraction of sp³-hybridized carbons (Fsp3) is 0.375. The molecule has 2 heteroatoms. The number of rotatable bonds is 0. The van der Waals surface area contributed by atoms with Crippen LogP contribution in [-0.4, -0.2) is 6.88 Å². The number of benzene rings is 1. The summed E-state index contributed by atoms with van der Waals surface area (Å²) in [5, 5.41) is 2.75. The zero-order valence-corrected chi connectivity index (χ0v) is 21.3. The number of hydrogen-bond donors (Lipinski definition) is 0. The molecule has 1 aliphatic rings. The summed E-state index contributed by atoms with van der Waals surface area (Å²) in [5.41, 5.74) is 3.54. The second-order valence-electron chi connectivity index (χ2n) is 8.07. The number of hydrogen-bond acceptors (Lipinski definition) is 0. The molecule has 0 N–H and O–H groups in total. The molecule has 0 unspecified atom stereocenters. The molecule has 1 aliphatic carbocycles. The molecule has 2 aromatic rings. The fourth-order valence-electron chi connectivity index (χ4n) is 2.71. The number of allylic oxidation sites excluding steroid dienone is 4. The first-order chi connectivity index (χ1) is 11.2. The summed E-state index contributed by atoms with van der Waals surface area (Å²) in [6, 6.07) is 13.0. The molecule has 0 amide bonds. The van der Waals surface area contributed by atoms with Crippen LogP contribution >= 0.6 is 0 Å². The van der Waals surface area contributed by atoms with E-state index < -0.39 is 0 Å². The molecular weight excluding hydrogens is 408 g/mol. The first-order valence-corrected chi connectivity index (χ1v) is 12.5. The van der Waals surface area contributed by atoms with Crippen molar-refractivity contribution in [2.45, 2.75) is 53.4 Å². The van der Waals surface area contributed by atoms with E-state index in [0.29, 0.717) is 5.41 Å². The predicted octanol–water partition coefficient (Wildman–Crippen LogP) is 7.10. The minimum absolute atomic E-state index is 0. The van der Waals surface area contributed by atoms with Gasteiger partial charge < -0.3 is 14.9 Å². The summed E-state index contributed by atoms with van der Waals surface area (Å²) >= 11 is 1.36. The van der Waals surface area contributed by atoms with Gasteiger partial charge in [0.15, 0.2) is 0 Å². The standard InChI is InChI=1S/C13H15.C9H13.2CH3.Si.Zr/c1-13(2,3)12-9-8-10-6-4-5-7-11(10)12;1-9(2,3)8-6-4-5-7-8;;;;/h4-9H,1-3H3;4,6H,7H2,1-3H3;2*1H3;;/q4*-1;;. The van der Waals surface area contributed by atoms with Crippen molar-refractivity contribution in [1.82, 2.24) is 0 Å². The van der Waals surface area contributed by atoms with Gasteiger partial charge in [-0.1, -0.05) is 53.0 Å². The van der Waals surface area contributed by atoms with Crippen molar-refractivity contribution in [3.05, 3.63) is 80.6 Å². The topological polar surface area (TPSA) is 0 Å². The zero-order valence-electron chi connectivity index (χ0n) is 17.8. The number of fused-ring (bicyclic) bond motifs is 1. The molecule has 0 fully saturated rings. The van der Waals surface area contributed by atoms with Crippen molar-refractivity contribution in [3.8, 4) is 0 Å². The molecule has 0 heterocycles. The molecule has 3 rings (SSSR count). The van der Waals surface area contributed by atoms with Crippen molar-refractivity contribution in [2.24, 2.45) is 5.41 Å². The van der Waals surface area contributed by atoms with E-state index in [4.69, 9.17) is 0 Å². The van der Waals surface area contributed by atoms with Crippen LogP contribution in [0, 0.1) is 26.3 Å². The molecular formula is C24H34SiZr-4. The average molecular weight is 442 g/mol. The molecule has 0 saturated carbocycles. The third-order valence-electron chi connectivity index (χ3n) is 4.15. The molecule has 0 atom stereocenters. The van der Waals surface area contributed by atoms with Crippen LogP contribution in [0.3, 0.4) is 0 Å². The Morgan fingerprint density at radius 3 is 1.96 bits per heavy atom. The van der Waals surface area contributed by atoms with Gasteiger partial charge in [0.1, 0.15) is 0 Å². The van der Waals surface area contributed by atoms with Crippen molar-refractivity contribution in [3.63, 3.8) is 0 Å². The summed E-state index contributed by atoms with van der Waals surface area (Å²) in [6.45, 7) is 16.5. The van der Waals surface area contributed by atoms with Crippen molar-refractivity contribution < 1.29 is 23.3 Å². The van der Waals surface area contributed by atoms with Gasteiger partial charge in [0.25, 0.3) is 0 Å². The summed E-state index contributed by atoms with van der Waals surface area (Å²) in [7, 11) is 0. The third kappa shape index (κ3) is 7.97. The van der Waals surface area contributed by atoms with Gasteiger partial charge >= 0.3 is 30.2 Å². The molecule has 0 saturated heterocycles. The van der Waals surface area contributed by atoms with Crippen LogP contribution in [0.15, 0.2) is 54.1 Å². The van der Waals surface area contributed by atoms with Crippen molar-refractivity contribution in [2.75, 3.05) is 0 Å². The van der Waals surface area contributed by atoms with Crippen molar-refractivity contribution in [1.29, 1.82) is 0 Å². The molecule has 0 nitrogen and oxygen atoms in total. The Balaban J connectivity index is 0. The Morgan fingerprint density at radius 1 is 0.962 bits per heavy atom. The van der Waals surface area contributed by atoms with Crippen LogP contribution in [0.1, 0.15) is 53.5 Å². The van der Waals surface area contributed by atoms with E-state index in [0.717, 1.165) is 6.42 Å². The maximum absolute atomic E-state index is 3.16. The monoisotopic (exact) mass is 440 g/mol. The second-order valence-corrected chi connectivity index (χ2v) is 8.07. The van der Waals surface area contributed by atoms with Gasteiger partial charge in [-0.25, -0.2) is 12.2 Å². The molecule has 0 aromatic heterocycles. The Hall–Kier alpha value is -0.590. The Morgan fingerprint density at radius 2 is 1.54 bits per heavy atom. The third-order valence-corrected chi connectivity index (χ3v) is 4.15. The molecule has 0 spiro atoms. The van der Waals surface area contributed by atoms with Crippen molar-refractivity contribution >= 4 is 17.7 Å². The van der Waals surface area contributed by atoms with E-state index in [1.165, 1.54) is 45.2 Å². The molecule has 26 heavy (non-hydrogen) atoms. The fourth-order valence-corrected chi connectivity index (χ4v) is 2.71. The average Bonchev–Trinajstić information content (AvgIpc) is 3.18. The molecule has 2 aromatic carbocycles. The molecule has 0 aliphatic heterocycles. The first kappa shape index (κ1) is 27.6. The summed E-state index contributed by atoms with van der Waals surface area (Å²) in [5.74, 6) is 0. The Labute approximate surface area is 179 Å². The normalized spacial score (nSPS) is 12.6. The van der Waals surface area contributed by atoms with Gasteiger partial charge in [0, 0.05) is 0 Å². The van der Waals surface area contributed by atoms with Crippen LogP contribution in [0.4, 0.5) is 0 Å². The molecule has 142 valence electrons. The predicted molar refractivity (Wildman–Crippen MR) is 117 cm³/mol. The van der Waals surface area contributed by atoms with Gasteiger partial charge in [-0.15, -0.1) is 53.1 Å². The van der Waals surface area contributed by atoms with Gasteiger partial charge in [-0.3, -0.25) is 6.08 Å². The van der Waals surface area contributed by atoms with E-state index >= 15 is 0 Å². The summed E-state index contributed by atoms with van der Waals surface area (Å²) in [4.78, 5) is 0. The van der Waals surface area contributed by atoms with E-state index in [9.17, 15) is 0 Å². The van der Waals surface area contributed by atoms with Crippen LogP contribution in [0.25, 0.3) is 10.8 Å². The van der Waals surface area contributed by atoms with Crippen LogP contribution in [0.5, 0.6) is 0 Å². The van der Waals surface area contributed by atoms with Crippen LogP contribution in [-0.2, 0) is 28.8 Å². The Kier molecular flexibility index (Phi) is 12.7. The second kappa shape index (κ2) is 12.0. The Bertz CT molecular complexity index is 706. The van der Waals surface area contributed by atoms with Crippen LogP contribution < -0.4 is 0 Å². The maximum atomic E-state index is 3.16. The van der Waals surface area contributed by atoms with Crippen LogP contribution in [0.2, 0.25) is 0 Å². The zero-order chi connectivity index (χ0) is 18.4. The van der Waals surface area contributed by atoms with E-state index in [1.807, 2.05) is 6.08 Å². The summed E-state index contributed by atoms with van der Waals surface area (Å²) in [6.07, 6.45) is 8.37. The van der Waals surface area contributed by atoms with Gasteiger partial charge in [0.05, 0.1) is 0 Å². The molecule has 0 bridgehead atoms. The van der Waals surface area contributed by atoms with E-state index in [2.05, 4.69) is 97.0 Å². The van der Waals surface area contributed by atoms with E-state index in [1.54, 1.807) is 0 Å². The van der Waals surface area contributed by atoms with E-state index in [-0.39, 0.29) is 20.3 Å². The first-order valence-electron chi connectivity index (χ1n) is 8.36. The van der Waals surface area contributed by atoms with Gasteiger partial charge in [0.2, 0.25) is 0 Å². The molecule has 2 radical (unpaired) electrons. The van der Waals surface area contributed by atoms with Gasteiger partial charge in [-0.2, -0.15) is 5.57 Å². The minimum atomic E-state index is 0.